The van der Waals surface area contributed by atoms with Crippen molar-refractivity contribution < 1.29 is 95.8 Å². The highest BCUT2D eigenvalue weighted by atomic mass is 16.6. The Morgan fingerprint density at radius 2 is 1.42 bits per heavy atom. The molecule has 6 heterocycles. The van der Waals surface area contributed by atoms with Gasteiger partial charge in [-0.1, -0.05) is 82.7 Å². The molecule has 622 valence electrons. The lowest BCUT2D eigenvalue weighted by Gasteiger charge is -2.42. The number of piperidine rings is 1. The van der Waals surface area contributed by atoms with Crippen molar-refractivity contribution in [2.45, 2.75) is 245 Å². The molecule has 0 radical (unpaired) electrons. The molecule has 0 spiro atoms. The second kappa shape index (κ2) is 49.3. The highest BCUT2D eigenvalue weighted by Gasteiger charge is 2.53. The summed E-state index contributed by atoms with van der Waals surface area (Å²) in [6.45, 7) is 19.8. The van der Waals surface area contributed by atoms with Crippen LogP contribution in [0.25, 0.3) is 11.0 Å². The average molecular weight is 1560 g/mol. The summed E-state index contributed by atoms with van der Waals surface area (Å²) in [5.41, 5.74) is 8.75. The second-order valence-corrected chi connectivity index (χ2v) is 30.5. The van der Waals surface area contributed by atoms with Crippen LogP contribution in [0.5, 0.6) is 0 Å². The minimum Gasteiger partial charge on any atom is -0.460 e. The Hall–Kier alpha value is -6.45. The van der Waals surface area contributed by atoms with E-state index in [1.54, 1.807) is 51.9 Å². The number of amides is 1. The number of carbonyl (C=O) groups is 6. The van der Waals surface area contributed by atoms with Gasteiger partial charge in [-0.3, -0.25) is 24.0 Å². The fourth-order valence-corrected chi connectivity index (χ4v) is 15.0. The maximum Gasteiger partial charge on any atom is 0.329 e. The van der Waals surface area contributed by atoms with Crippen LogP contribution in [-0.4, -0.2) is 253 Å². The van der Waals surface area contributed by atoms with Crippen LogP contribution in [-0.2, 0) is 105 Å². The van der Waals surface area contributed by atoms with Crippen LogP contribution >= 0.6 is 0 Å². The number of aromatic nitrogens is 7. The molecule has 3 aromatic heterocycles. The normalized spacial score (nSPS) is 28.6. The zero-order valence-corrected chi connectivity index (χ0v) is 67.6. The van der Waals surface area contributed by atoms with Crippen molar-refractivity contribution in [3.63, 3.8) is 0 Å². The van der Waals surface area contributed by atoms with Gasteiger partial charge in [-0.15, -0.1) is 5.10 Å². The summed E-state index contributed by atoms with van der Waals surface area (Å²) >= 11 is 0. The van der Waals surface area contributed by atoms with Crippen LogP contribution < -0.4 is 5.73 Å². The first-order valence-electron chi connectivity index (χ1n) is 40.4. The molecule has 1 amide bonds. The number of ketones is 4. The number of unbranched alkanes of at least 4 members (excludes halogenated alkanes) is 3. The molecule has 15 atom stereocenters. The van der Waals surface area contributed by atoms with E-state index in [1.807, 2.05) is 69.0 Å². The van der Waals surface area contributed by atoms with E-state index in [1.165, 1.54) is 18.3 Å². The lowest BCUT2D eigenvalue weighted by molar-refractivity contribution is -0.265. The van der Waals surface area contributed by atoms with Crippen LogP contribution in [0.3, 0.4) is 0 Å². The number of methoxy groups -OCH3 is 3. The van der Waals surface area contributed by atoms with Crippen molar-refractivity contribution in [1.29, 1.82) is 0 Å². The predicted octanol–water partition coefficient (Wildman–Crippen LogP) is 8.86. The molecule has 3 aromatic rings. The van der Waals surface area contributed by atoms with Crippen LogP contribution in [0.2, 0.25) is 0 Å². The van der Waals surface area contributed by atoms with Crippen molar-refractivity contribution in [3.05, 3.63) is 72.0 Å². The second-order valence-electron chi connectivity index (χ2n) is 30.5. The summed E-state index contributed by atoms with van der Waals surface area (Å²) in [6, 6.07) is -1.17. The van der Waals surface area contributed by atoms with Gasteiger partial charge in [0.25, 0.3) is 11.7 Å². The maximum absolute atomic E-state index is 14.8. The van der Waals surface area contributed by atoms with Crippen molar-refractivity contribution in [2.75, 3.05) is 119 Å². The monoisotopic (exact) mass is 1560 g/mol. The number of nitrogen functional groups attached to an aromatic ring is 1. The minimum absolute atomic E-state index is 0.00166. The van der Waals surface area contributed by atoms with E-state index >= 15 is 0 Å². The highest BCUT2D eigenvalue weighted by molar-refractivity contribution is 6.39. The summed E-state index contributed by atoms with van der Waals surface area (Å²) < 4.78 is 74.1. The summed E-state index contributed by atoms with van der Waals surface area (Å²) in [5, 5.41) is 37.5. The van der Waals surface area contributed by atoms with Crippen molar-refractivity contribution in [1.82, 2.24) is 39.6 Å². The quantitative estimate of drug-likeness (QED) is 0.0208. The number of ether oxygens (including phenoxy) is 12. The average Bonchev–Trinajstić information content (AvgIpc) is 1.62. The van der Waals surface area contributed by atoms with E-state index in [2.05, 4.69) is 25.4 Å². The van der Waals surface area contributed by atoms with Gasteiger partial charge in [0.2, 0.25) is 5.79 Å². The Morgan fingerprint density at radius 1 is 0.721 bits per heavy atom. The summed E-state index contributed by atoms with van der Waals surface area (Å²) in [6.07, 6.45) is 22.9. The molecule has 29 nitrogen and oxygen atoms in total. The number of carbonyl (C=O) groups excluding carboxylic acids is 6. The number of nitrogens with zero attached hydrogens (tertiary/aromatic N) is 8. The molecule has 2 saturated heterocycles. The molecule has 4 N–H and O–H groups in total. The number of fused-ring (bicyclic) bond motifs is 4. The number of aliphatic hydroxyl groups is 2. The zero-order valence-electron chi connectivity index (χ0n) is 67.6. The lowest BCUT2D eigenvalue weighted by Crippen LogP contribution is -2.61. The maximum atomic E-state index is 14.8. The Morgan fingerprint density at radius 3 is 2.12 bits per heavy atom. The minimum atomic E-state index is -2.46. The molecule has 7 rings (SSSR count). The molecule has 2 bridgehead atoms. The molecular weight excluding hydrogens is 1430 g/mol. The number of cyclic esters (lactones) is 1. The third-order valence-electron chi connectivity index (χ3n) is 21.8. The van der Waals surface area contributed by atoms with E-state index in [4.69, 9.17) is 62.6 Å². The van der Waals surface area contributed by atoms with Gasteiger partial charge < -0.3 is 77.7 Å². The van der Waals surface area contributed by atoms with Crippen LogP contribution in [0, 0.1) is 35.5 Å². The lowest BCUT2D eigenvalue weighted by atomic mass is 9.78. The zero-order chi connectivity index (χ0) is 80.1. The third kappa shape index (κ3) is 30.0. The van der Waals surface area contributed by atoms with Crippen molar-refractivity contribution >= 4 is 51.9 Å². The van der Waals surface area contributed by atoms with Gasteiger partial charge in [0, 0.05) is 90.7 Å². The summed E-state index contributed by atoms with van der Waals surface area (Å²) in [7, 11) is 4.65. The molecule has 1 aliphatic carbocycles. The van der Waals surface area contributed by atoms with Gasteiger partial charge in [-0.2, -0.15) is 5.10 Å². The van der Waals surface area contributed by atoms with Crippen molar-refractivity contribution in [3.8, 4) is 0 Å². The molecule has 1 saturated carbocycles. The highest BCUT2D eigenvalue weighted by Crippen LogP contribution is 2.39. The molecule has 3 fully saturated rings. The van der Waals surface area contributed by atoms with Gasteiger partial charge in [-0.05, 0) is 139 Å². The molecule has 0 unspecified atom stereocenters. The number of hydrogen-bond donors (Lipinski definition) is 3. The Kier molecular flexibility index (Phi) is 40.8. The predicted molar refractivity (Wildman–Crippen MR) is 415 cm³/mol. The van der Waals surface area contributed by atoms with E-state index in [-0.39, 0.29) is 66.7 Å². The third-order valence-corrected chi connectivity index (χ3v) is 21.8. The standard InChI is InChI=1S/C82H129N9O20/c1-56-21-13-11-14-22-57(2)71(100-8)51-66-28-26-62(7)82(99,111-66)77(96)80(97)90-31-19-16-25-68(90)81(98)110-72(52-69(93)58(3)48-61(6)75(95)76(102-10)74(94)60(5)47-56)59(4)49-63-27-29-70(73(50-63)101-9)109-34-20-17-23-64-54-89(88-87-64)33-36-104-38-40-106-42-44-108-46-45-107-43-41-105-39-37-103-35-30-65(92)24-15-12-18-32-91-79-67(53-86-91)78(83)84-55-85-79/h11,13-14,21-22,48,53-56,58-60,62-63,66,68,70-73,75-76,95,99H,12,15-20,23-47,49-52H2,1-10H3,(H2,83,84,85)/b14-11+,21-13+,57-22+,61-48+/t56-,58-,59-,60-,62-,63+,66+,68+,70-,71+,72+,73-,75-,76+,82-/m1/s1. The van der Waals surface area contributed by atoms with Crippen molar-refractivity contribution in [2.24, 2.45) is 35.5 Å². The number of rotatable bonds is 39. The van der Waals surface area contributed by atoms with E-state index < -0.39 is 77.8 Å². The number of aryl methyl sites for hydroxylation is 2. The Balaban J connectivity index is 0.780. The Bertz CT molecular complexity index is 3440. The van der Waals surface area contributed by atoms with Gasteiger partial charge in [0.05, 0.1) is 128 Å². The van der Waals surface area contributed by atoms with Crippen LogP contribution in [0.4, 0.5) is 5.82 Å². The molecule has 4 aliphatic rings. The fourth-order valence-electron chi connectivity index (χ4n) is 15.0. The van der Waals surface area contributed by atoms with Crippen LogP contribution in [0.15, 0.2) is 66.3 Å². The number of nitrogens with two attached hydrogens (primary N) is 1. The Labute approximate surface area is 656 Å². The number of allylic oxidation sites excluding steroid dienone is 6. The first-order valence-corrected chi connectivity index (χ1v) is 40.4. The molecule has 29 heteroatoms. The smallest absolute Gasteiger partial charge is 0.329 e. The summed E-state index contributed by atoms with van der Waals surface area (Å²) in [4.78, 5) is 93.9. The fraction of sp³-hybridized carbons (Fsp3) is 0.744. The molecule has 3 aliphatic heterocycles. The van der Waals surface area contributed by atoms with E-state index in [0.29, 0.717) is 175 Å². The van der Waals surface area contributed by atoms with Gasteiger partial charge in [-0.25, -0.2) is 24.1 Å². The largest absolute Gasteiger partial charge is 0.460 e. The first kappa shape index (κ1) is 91.7. The number of Topliss-reactive ketones (excluding diaryl/α,β-unsaturated/α-hetero) is 4. The van der Waals surface area contributed by atoms with Gasteiger partial charge >= 0.3 is 5.97 Å². The number of anilines is 1. The molecular formula is C82H129N9O20. The molecule has 111 heavy (non-hydrogen) atoms. The first-order chi connectivity index (χ1) is 53.5. The number of aliphatic hydroxyl groups excluding tert-OH is 1. The number of hydrogen-bond acceptors (Lipinski definition) is 26. The van der Waals surface area contributed by atoms with Crippen LogP contribution in [0.1, 0.15) is 176 Å². The van der Waals surface area contributed by atoms with Gasteiger partial charge in [0.15, 0.2) is 11.4 Å². The SMILES string of the molecule is CO[C@H]1C[C@@H]2CC[C@@H](C)[C@@](O)(O2)C(=O)C(=O)N2CCCC[C@H]2C(=O)O[C@H]([C@H](C)C[C@@H]2CC[C@@H](OCCCCc3cn(CCOCCOCCOCCOCCOCCOCCC(=O)CCCCCn4ncc5c(N)ncnc54)nn3)[C@H](OC)C2)CC(=O)[C@H](C)/C=C(\C)[C@@H](O)[C@@H](OC)C(=O)[C@H](C)C[C@H](C)/C=C/C=C/C=C/1C. The molecule has 0 aromatic carbocycles. The van der Waals surface area contributed by atoms with Gasteiger partial charge in [0.1, 0.15) is 48.1 Å². The summed E-state index contributed by atoms with van der Waals surface area (Å²) in [5.74, 6) is -7.53. The topological polar surface area (TPSA) is 357 Å². The number of esters is 1. The van der Waals surface area contributed by atoms with E-state index in [0.717, 1.165) is 73.7 Å². The van der Waals surface area contributed by atoms with E-state index in [9.17, 15) is 39.0 Å².